The van der Waals surface area contributed by atoms with Crippen LogP contribution >= 0.6 is 0 Å². The fourth-order valence-corrected chi connectivity index (χ4v) is 1.66. The van der Waals surface area contributed by atoms with E-state index in [4.69, 9.17) is 5.21 Å². The Kier molecular flexibility index (Phi) is 2.26. The third kappa shape index (κ3) is 1.39. The Labute approximate surface area is 81.3 Å². The highest BCUT2D eigenvalue weighted by atomic mass is 16.4. The number of nitrogens with zero attached hydrogens (tertiary/aromatic N) is 2. The molecule has 0 atom stereocenters. The lowest BCUT2D eigenvalue weighted by Gasteiger charge is -2.01. The van der Waals surface area contributed by atoms with Crippen LogP contribution < -0.4 is 0 Å². The number of carbonyl (C=O) groups excluding carboxylic acids is 1. The van der Waals surface area contributed by atoms with Crippen molar-refractivity contribution >= 4 is 11.5 Å². The molecule has 1 aliphatic rings. The molecule has 0 fully saturated rings. The lowest BCUT2D eigenvalue weighted by atomic mass is 10.1. The van der Waals surface area contributed by atoms with Gasteiger partial charge in [0.25, 0.3) is 0 Å². The maximum absolute atomic E-state index is 11.7. The van der Waals surface area contributed by atoms with E-state index in [9.17, 15) is 4.79 Å². The van der Waals surface area contributed by atoms with Gasteiger partial charge in [-0.25, -0.2) is 0 Å². The highest BCUT2D eigenvalue weighted by molar-refractivity contribution is 6.46. The van der Waals surface area contributed by atoms with Crippen LogP contribution in [0.3, 0.4) is 0 Å². The number of Topliss-reactive ketones (excluding diaryl/α,β-unsaturated/α-hetero) is 1. The summed E-state index contributed by atoms with van der Waals surface area (Å²) in [6, 6.07) is 1.84. The summed E-state index contributed by atoms with van der Waals surface area (Å²) in [7, 11) is 0. The summed E-state index contributed by atoms with van der Waals surface area (Å²) < 4.78 is 0. The van der Waals surface area contributed by atoms with Gasteiger partial charge in [-0.1, -0.05) is 5.16 Å². The molecule has 0 radical (unpaired) electrons. The molecule has 0 aromatic carbocycles. The standard InChI is InChI=1S/C10H10N2O2/c13-10-8-6-11-5-4-7(8)2-1-3-9(10)12-14/h4-6,14H,1-3H2/b12-9+. The Bertz CT molecular complexity index is 399. The van der Waals surface area contributed by atoms with Gasteiger partial charge >= 0.3 is 0 Å². The second-order valence-electron chi connectivity index (χ2n) is 3.26. The van der Waals surface area contributed by atoms with Crippen molar-refractivity contribution < 1.29 is 10.0 Å². The van der Waals surface area contributed by atoms with Crippen LogP contribution in [0.15, 0.2) is 23.6 Å². The van der Waals surface area contributed by atoms with Crippen molar-refractivity contribution in [3.63, 3.8) is 0 Å². The molecule has 4 heteroatoms. The number of ketones is 1. The number of rotatable bonds is 0. The van der Waals surface area contributed by atoms with Crippen LogP contribution in [0.25, 0.3) is 0 Å². The van der Waals surface area contributed by atoms with Crippen LogP contribution in [-0.4, -0.2) is 21.7 Å². The van der Waals surface area contributed by atoms with Crippen molar-refractivity contribution in [2.24, 2.45) is 5.16 Å². The minimum absolute atomic E-state index is 0.201. The van der Waals surface area contributed by atoms with E-state index >= 15 is 0 Å². The van der Waals surface area contributed by atoms with Crippen molar-refractivity contribution in [3.05, 3.63) is 29.6 Å². The maximum atomic E-state index is 11.7. The topological polar surface area (TPSA) is 62.5 Å². The molecule has 0 aliphatic heterocycles. The van der Waals surface area contributed by atoms with Crippen molar-refractivity contribution in [2.45, 2.75) is 19.3 Å². The SMILES string of the molecule is O=C1/C(=N/O)CCCc2ccncc21. The Morgan fingerprint density at radius 2 is 2.29 bits per heavy atom. The minimum Gasteiger partial charge on any atom is -0.411 e. The van der Waals surface area contributed by atoms with Crippen molar-refractivity contribution in [1.82, 2.24) is 4.98 Å². The third-order valence-corrected chi connectivity index (χ3v) is 2.40. The Morgan fingerprint density at radius 3 is 3.07 bits per heavy atom. The average molecular weight is 190 g/mol. The number of aryl methyl sites for hydroxylation is 1. The molecule has 72 valence electrons. The zero-order chi connectivity index (χ0) is 9.97. The molecule has 0 saturated carbocycles. The molecule has 0 bridgehead atoms. The summed E-state index contributed by atoms with van der Waals surface area (Å²) in [6.07, 6.45) is 5.41. The summed E-state index contributed by atoms with van der Waals surface area (Å²) in [5.41, 5.74) is 1.79. The number of fused-ring (bicyclic) bond motifs is 1. The summed E-state index contributed by atoms with van der Waals surface area (Å²) in [5, 5.41) is 11.7. The molecule has 1 aliphatic carbocycles. The highest BCUT2D eigenvalue weighted by Gasteiger charge is 2.21. The van der Waals surface area contributed by atoms with Crippen LogP contribution in [0, 0.1) is 0 Å². The van der Waals surface area contributed by atoms with Crippen molar-refractivity contribution in [2.75, 3.05) is 0 Å². The zero-order valence-corrected chi connectivity index (χ0v) is 7.60. The van der Waals surface area contributed by atoms with Crippen LogP contribution in [0.4, 0.5) is 0 Å². The minimum atomic E-state index is -0.201. The van der Waals surface area contributed by atoms with Crippen molar-refractivity contribution in [1.29, 1.82) is 0 Å². The smallest absolute Gasteiger partial charge is 0.212 e. The Balaban J connectivity index is 2.50. The predicted octanol–water partition coefficient (Wildman–Crippen LogP) is 1.43. The van der Waals surface area contributed by atoms with E-state index in [-0.39, 0.29) is 11.5 Å². The van der Waals surface area contributed by atoms with Gasteiger partial charge in [-0.2, -0.15) is 0 Å². The van der Waals surface area contributed by atoms with Gasteiger partial charge in [0.1, 0.15) is 5.71 Å². The molecular formula is C10H10N2O2. The number of hydrogen-bond donors (Lipinski definition) is 1. The molecule has 0 unspecified atom stereocenters. The number of oxime groups is 1. The Hall–Kier alpha value is -1.71. The largest absolute Gasteiger partial charge is 0.411 e. The van der Waals surface area contributed by atoms with E-state index in [1.807, 2.05) is 6.07 Å². The summed E-state index contributed by atoms with van der Waals surface area (Å²) in [5.74, 6) is -0.201. The van der Waals surface area contributed by atoms with E-state index in [1.165, 1.54) is 6.20 Å². The van der Waals surface area contributed by atoms with Crippen LogP contribution in [0.2, 0.25) is 0 Å². The molecule has 0 amide bonds. The quantitative estimate of drug-likeness (QED) is 0.382. The van der Waals surface area contributed by atoms with Gasteiger partial charge in [-0.05, 0) is 30.9 Å². The maximum Gasteiger partial charge on any atom is 0.212 e. The molecule has 1 heterocycles. The molecule has 1 N–H and O–H groups in total. The fraction of sp³-hybridized carbons (Fsp3) is 0.300. The van der Waals surface area contributed by atoms with Gasteiger partial charge in [0.15, 0.2) is 0 Å². The molecule has 0 spiro atoms. The molecule has 14 heavy (non-hydrogen) atoms. The first-order valence-electron chi connectivity index (χ1n) is 4.51. The number of pyridine rings is 1. The Morgan fingerprint density at radius 1 is 1.43 bits per heavy atom. The molecule has 1 aromatic rings. The summed E-state index contributed by atoms with van der Waals surface area (Å²) in [6.45, 7) is 0. The monoisotopic (exact) mass is 190 g/mol. The zero-order valence-electron chi connectivity index (χ0n) is 7.60. The van der Waals surface area contributed by atoms with Gasteiger partial charge in [0.2, 0.25) is 5.78 Å². The molecule has 4 nitrogen and oxygen atoms in total. The summed E-state index contributed by atoms with van der Waals surface area (Å²) in [4.78, 5) is 15.6. The lowest BCUT2D eigenvalue weighted by molar-refractivity contribution is 0.105. The van der Waals surface area contributed by atoms with Gasteiger partial charge < -0.3 is 5.21 Å². The van der Waals surface area contributed by atoms with E-state index in [1.54, 1.807) is 6.20 Å². The van der Waals surface area contributed by atoms with Gasteiger partial charge in [-0.15, -0.1) is 0 Å². The van der Waals surface area contributed by atoms with Gasteiger partial charge in [0, 0.05) is 18.0 Å². The molecule has 1 aromatic heterocycles. The van der Waals surface area contributed by atoms with Gasteiger partial charge in [0.05, 0.1) is 0 Å². The van der Waals surface area contributed by atoms with Gasteiger partial charge in [-0.3, -0.25) is 9.78 Å². The van der Waals surface area contributed by atoms with Crippen LogP contribution in [0.5, 0.6) is 0 Å². The molecular weight excluding hydrogens is 180 g/mol. The van der Waals surface area contributed by atoms with E-state index in [0.29, 0.717) is 12.0 Å². The van der Waals surface area contributed by atoms with E-state index in [2.05, 4.69) is 10.1 Å². The van der Waals surface area contributed by atoms with E-state index in [0.717, 1.165) is 18.4 Å². The molecule has 2 rings (SSSR count). The second-order valence-corrected chi connectivity index (χ2v) is 3.26. The fourth-order valence-electron chi connectivity index (χ4n) is 1.66. The first-order valence-corrected chi connectivity index (χ1v) is 4.51. The predicted molar refractivity (Wildman–Crippen MR) is 50.7 cm³/mol. The summed E-state index contributed by atoms with van der Waals surface area (Å²) >= 11 is 0. The van der Waals surface area contributed by atoms with E-state index < -0.39 is 0 Å². The first-order chi connectivity index (χ1) is 6.83. The van der Waals surface area contributed by atoms with Crippen LogP contribution in [0.1, 0.15) is 28.8 Å². The third-order valence-electron chi connectivity index (χ3n) is 2.40. The second kappa shape index (κ2) is 3.57. The lowest BCUT2D eigenvalue weighted by Crippen LogP contribution is -2.13. The van der Waals surface area contributed by atoms with Crippen LogP contribution in [-0.2, 0) is 6.42 Å². The number of hydrogen-bond acceptors (Lipinski definition) is 4. The first kappa shape index (κ1) is 8.87. The average Bonchev–Trinajstić information content (AvgIpc) is 2.39. The van der Waals surface area contributed by atoms with Crippen molar-refractivity contribution in [3.8, 4) is 0 Å². The number of carbonyl (C=O) groups is 1. The normalized spacial score (nSPS) is 19.1. The number of aromatic nitrogens is 1. The molecule has 0 saturated heterocycles. The highest BCUT2D eigenvalue weighted by Crippen LogP contribution is 2.17.